The summed E-state index contributed by atoms with van der Waals surface area (Å²) in [5.74, 6) is -2.06. The lowest BCUT2D eigenvalue weighted by Gasteiger charge is -2.15. The molecule has 21 heavy (non-hydrogen) atoms. The molecule has 0 aliphatic heterocycles. The van der Waals surface area contributed by atoms with Gasteiger partial charge < -0.3 is 5.32 Å². The molecule has 0 bridgehead atoms. The molecule has 2 aromatic carbocycles. The molecule has 1 N–H and O–H groups in total. The van der Waals surface area contributed by atoms with E-state index in [0.29, 0.717) is 11.1 Å². The lowest BCUT2D eigenvalue weighted by atomic mass is 10.1. The van der Waals surface area contributed by atoms with Gasteiger partial charge in [0.2, 0.25) is 0 Å². The average Bonchev–Trinajstić information content (AvgIpc) is 2.49. The second kappa shape index (κ2) is 6.72. The van der Waals surface area contributed by atoms with Crippen molar-refractivity contribution in [1.82, 2.24) is 5.32 Å². The normalized spacial score (nSPS) is 12.0. The van der Waals surface area contributed by atoms with E-state index >= 15 is 0 Å². The Morgan fingerprint density at radius 2 is 1.86 bits per heavy atom. The number of carbonyl (C=O) groups excluding carboxylic acids is 1. The smallest absolute Gasteiger partial charge is 0.252 e. The van der Waals surface area contributed by atoms with E-state index in [4.69, 9.17) is 0 Å². The van der Waals surface area contributed by atoms with Gasteiger partial charge in [-0.3, -0.25) is 4.79 Å². The fourth-order valence-electron chi connectivity index (χ4n) is 1.97. The monoisotopic (exact) mass is 307 g/mol. The molecule has 0 saturated carbocycles. The Hall–Kier alpha value is -1.88. The molecular weight excluding hydrogens is 292 g/mol. The summed E-state index contributed by atoms with van der Waals surface area (Å²) in [5.41, 5.74) is 1.09. The summed E-state index contributed by atoms with van der Waals surface area (Å²) in [6, 6.07) is 10.5. The summed E-state index contributed by atoms with van der Waals surface area (Å²) >= 11 is 1.48. The van der Waals surface area contributed by atoms with E-state index in [1.807, 2.05) is 18.4 Å². The van der Waals surface area contributed by atoms with E-state index < -0.39 is 17.7 Å². The summed E-state index contributed by atoms with van der Waals surface area (Å²) in [7, 11) is 0. The first-order chi connectivity index (χ1) is 10.0. The first kappa shape index (κ1) is 15.5. The number of hydrogen-bond acceptors (Lipinski definition) is 2. The molecule has 0 aliphatic rings. The fourth-order valence-corrected chi connectivity index (χ4v) is 2.57. The molecule has 0 aromatic heterocycles. The van der Waals surface area contributed by atoms with E-state index in [0.717, 1.165) is 17.0 Å². The van der Waals surface area contributed by atoms with Crippen LogP contribution in [0.3, 0.4) is 0 Å². The zero-order chi connectivity index (χ0) is 15.4. The number of thioether (sulfide) groups is 1. The van der Waals surface area contributed by atoms with Gasteiger partial charge in [-0.15, -0.1) is 11.8 Å². The average molecular weight is 307 g/mol. The van der Waals surface area contributed by atoms with Gasteiger partial charge in [0.1, 0.15) is 0 Å². The molecule has 5 heteroatoms. The summed E-state index contributed by atoms with van der Waals surface area (Å²) in [5, 5.41) is 2.79. The van der Waals surface area contributed by atoms with Gasteiger partial charge in [0.05, 0.1) is 11.6 Å². The third-order valence-corrected chi connectivity index (χ3v) is 3.94. The number of rotatable bonds is 4. The molecule has 2 rings (SSSR count). The van der Waals surface area contributed by atoms with Gasteiger partial charge in [0.15, 0.2) is 11.6 Å². The number of carbonyl (C=O) groups is 1. The predicted molar refractivity (Wildman–Crippen MR) is 80.5 cm³/mol. The maximum atomic E-state index is 13.2. The number of benzene rings is 2. The molecule has 0 spiro atoms. The third kappa shape index (κ3) is 3.61. The van der Waals surface area contributed by atoms with E-state index in [-0.39, 0.29) is 5.91 Å². The summed E-state index contributed by atoms with van der Waals surface area (Å²) in [4.78, 5) is 13.1. The van der Waals surface area contributed by atoms with Gasteiger partial charge >= 0.3 is 0 Å². The van der Waals surface area contributed by atoms with Crippen LogP contribution < -0.4 is 5.32 Å². The number of halogens is 2. The van der Waals surface area contributed by atoms with Gasteiger partial charge in [0.25, 0.3) is 5.91 Å². The molecule has 1 amide bonds. The van der Waals surface area contributed by atoms with Crippen LogP contribution in [0.1, 0.15) is 28.9 Å². The van der Waals surface area contributed by atoms with Crippen molar-refractivity contribution in [3.05, 3.63) is 65.2 Å². The van der Waals surface area contributed by atoms with Crippen LogP contribution in [-0.4, -0.2) is 12.2 Å². The molecule has 0 radical (unpaired) electrons. The zero-order valence-electron chi connectivity index (χ0n) is 11.7. The molecule has 110 valence electrons. The van der Waals surface area contributed by atoms with Crippen molar-refractivity contribution in [2.75, 3.05) is 6.26 Å². The fraction of sp³-hybridized carbons (Fsp3) is 0.188. The van der Waals surface area contributed by atoms with Crippen LogP contribution in [0.25, 0.3) is 0 Å². The third-order valence-electron chi connectivity index (χ3n) is 3.14. The molecule has 2 nitrogen and oxygen atoms in total. The minimum absolute atomic E-state index is 0.239. The lowest BCUT2D eigenvalue weighted by Crippen LogP contribution is -2.27. The van der Waals surface area contributed by atoms with E-state index in [2.05, 4.69) is 5.32 Å². The molecule has 0 saturated heterocycles. The van der Waals surface area contributed by atoms with Crippen molar-refractivity contribution in [3.63, 3.8) is 0 Å². The second-order valence-electron chi connectivity index (χ2n) is 4.57. The Morgan fingerprint density at radius 3 is 2.52 bits per heavy atom. The first-order valence-corrected chi connectivity index (χ1v) is 7.64. The zero-order valence-corrected chi connectivity index (χ0v) is 12.5. The minimum Gasteiger partial charge on any atom is -0.345 e. The van der Waals surface area contributed by atoms with E-state index in [1.54, 1.807) is 19.1 Å². The highest BCUT2D eigenvalue weighted by atomic mass is 32.2. The lowest BCUT2D eigenvalue weighted by molar-refractivity contribution is 0.0937. The molecular formula is C16H15F2NOS. The van der Waals surface area contributed by atoms with Crippen LogP contribution >= 0.6 is 11.8 Å². The molecule has 1 atom stereocenters. The van der Waals surface area contributed by atoms with Crippen LogP contribution in [0.4, 0.5) is 8.78 Å². The Bertz CT molecular complexity index is 660. The van der Waals surface area contributed by atoms with Crippen molar-refractivity contribution in [3.8, 4) is 0 Å². The number of amides is 1. The molecule has 0 aliphatic carbocycles. The van der Waals surface area contributed by atoms with Crippen LogP contribution in [-0.2, 0) is 0 Å². The van der Waals surface area contributed by atoms with Gasteiger partial charge in [0, 0.05) is 4.90 Å². The first-order valence-electron chi connectivity index (χ1n) is 6.41. The Morgan fingerprint density at radius 1 is 1.14 bits per heavy atom. The van der Waals surface area contributed by atoms with Crippen molar-refractivity contribution in [2.24, 2.45) is 0 Å². The van der Waals surface area contributed by atoms with Crippen LogP contribution in [0.15, 0.2) is 47.4 Å². The Kier molecular flexibility index (Phi) is 4.96. The SMILES string of the molecule is CSc1ccccc1C(=O)NC(C)c1ccc(F)c(F)c1. The quantitative estimate of drug-likeness (QED) is 0.859. The minimum atomic E-state index is -0.918. The van der Waals surface area contributed by atoms with Crippen LogP contribution in [0, 0.1) is 11.6 Å². The molecule has 0 fully saturated rings. The van der Waals surface area contributed by atoms with Crippen molar-refractivity contribution < 1.29 is 13.6 Å². The van der Waals surface area contributed by atoms with Crippen LogP contribution in [0.5, 0.6) is 0 Å². The van der Waals surface area contributed by atoms with Crippen molar-refractivity contribution in [2.45, 2.75) is 17.9 Å². The standard InChI is InChI=1S/C16H15F2NOS/c1-10(11-7-8-13(17)14(18)9-11)19-16(20)12-5-3-4-6-15(12)21-2/h3-10H,1-2H3,(H,19,20). The number of hydrogen-bond donors (Lipinski definition) is 1. The van der Waals surface area contributed by atoms with Gasteiger partial charge in [-0.1, -0.05) is 18.2 Å². The van der Waals surface area contributed by atoms with Gasteiger partial charge in [-0.2, -0.15) is 0 Å². The van der Waals surface area contributed by atoms with Crippen molar-refractivity contribution >= 4 is 17.7 Å². The summed E-state index contributed by atoms with van der Waals surface area (Å²) < 4.78 is 26.2. The van der Waals surface area contributed by atoms with Crippen LogP contribution in [0.2, 0.25) is 0 Å². The van der Waals surface area contributed by atoms with Gasteiger partial charge in [-0.05, 0) is 43.0 Å². The molecule has 1 unspecified atom stereocenters. The van der Waals surface area contributed by atoms with E-state index in [9.17, 15) is 13.6 Å². The highest BCUT2D eigenvalue weighted by Gasteiger charge is 2.15. The Balaban J connectivity index is 2.16. The largest absolute Gasteiger partial charge is 0.345 e. The van der Waals surface area contributed by atoms with Crippen molar-refractivity contribution in [1.29, 1.82) is 0 Å². The summed E-state index contributed by atoms with van der Waals surface area (Å²) in [6.07, 6.45) is 1.89. The summed E-state index contributed by atoms with van der Waals surface area (Å²) in [6.45, 7) is 1.73. The number of nitrogens with one attached hydrogen (secondary N) is 1. The highest BCUT2D eigenvalue weighted by molar-refractivity contribution is 7.98. The predicted octanol–water partition coefficient (Wildman–Crippen LogP) is 4.18. The van der Waals surface area contributed by atoms with Gasteiger partial charge in [-0.25, -0.2) is 8.78 Å². The topological polar surface area (TPSA) is 29.1 Å². The second-order valence-corrected chi connectivity index (χ2v) is 5.42. The molecule has 2 aromatic rings. The highest BCUT2D eigenvalue weighted by Crippen LogP contribution is 2.21. The maximum Gasteiger partial charge on any atom is 0.252 e. The molecule has 0 heterocycles. The maximum absolute atomic E-state index is 13.2. The Labute approximate surface area is 126 Å². The van der Waals surface area contributed by atoms with E-state index in [1.165, 1.54) is 17.8 Å².